The number of nitrogens with zero attached hydrogens (tertiary/aromatic N) is 2. The van der Waals surface area contributed by atoms with Gasteiger partial charge in [0.05, 0.1) is 5.92 Å². The highest BCUT2D eigenvalue weighted by Gasteiger charge is 2.23. The van der Waals surface area contributed by atoms with Crippen molar-refractivity contribution in [3.63, 3.8) is 0 Å². The van der Waals surface area contributed by atoms with Gasteiger partial charge >= 0.3 is 0 Å². The molecule has 7 heteroatoms. The van der Waals surface area contributed by atoms with Crippen LogP contribution in [0.5, 0.6) is 0 Å². The van der Waals surface area contributed by atoms with Crippen molar-refractivity contribution in [2.45, 2.75) is 29.9 Å². The number of rotatable bonds is 9. The maximum absolute atomic E-state index is 12.3. The molecule has 1 saturated heterocycles. The van der Waals surface area contributed by atoms with Crippen molar-refractivity contribution >= 4 is 23.6 Å². The minimum Gasteiger partial charge on any atom is -0.369 e. The van der Waals surface area contributed by atoms with Crippen molar-refractivity contribution < 1.29 is 9.59 Å². The van der Waals surface area contributed by atoms with Gasteiger partial charge in [-0.1, -0.05) is 6.07 Å². The van der Waals surface area contributed by atoms with Crippen molar-refractivity contribution in [2.75, 3.05) is 26.2 Å². The fourth-order valence-electron chi connectivity index (χ4n) is 3.45. The van der Waals surface area contributed by atoms with Crippen LogP contribution in [-0.4, -0.2) is 47.9 Å². The van der Waals surface area contributed by atoms with Gasteiger partial charge in [0.2, 0.25) is 5.91 Å². The number of primary amides is 1. The number of aromatic nitrogens is 1. The average Bonchev–Trinajstić information content (AvgIpc) is 2.76. The van der Waals surface area contributed by atoms with E-state index < -0.39 is 0 Å². The molecule has 0 spiro atoms. The summed E-state index contributed by atoms with van der Waals surface area (Å²) >= 11 is 1.72. The molecule has 1 aromatic heterocycles. The predicted molar refractivity (Wildman–Crippen MR) is 116 cm³/mol. The van der Waals surface area contributed by atoms with Crippen LogP contribution in [0.4, 0.5) is 0 Å². The molecule has 6 nitrogen and oxygen atoms in total. The Morgan fingerprint density at radius 1 is 1.24 bits per heavy atom. The molecule has 3 rings (SSSR count). The zero-order chi connectivity index (χ0) is 20.5. The molecule has 2 aromatic rings. The lowest BCUT2D eigenvalue weighted by molar-refractivity contribution is -0.123. The Labute approximate surface area is 176 Å². The van der Waals surface area contributed by atoms with Gasteiger partial charge in [-0.3, -0.25) is 14.6 Å². The molecule has 3 N–H and O–H groups in total. The van der Waals surface area contributed by atoms with Crippen LogP contribution in [-0.2, 0) is 10.5 Å². The van der Waals surface area contributed by atoms with E-state index >= 15 is 0 Å². The second-order valence-corrected chi connectivity index (χ2v) is 8.37. The fraction of sp³-hybridized carbons (Fsp3) is 0.409. The first-order valence-corrected chi connectivity index (χ1v) is 11.0. The van der Waals surface area contributed by atoms with Gasteiger partial charge in [0.1, 0.15) is 0 Å². The molecular weight excluding hydrogens is 384 g/mol. The maximum atomic E-state index is 12.3. The second kappa shape index (κ2) is 11.0. The lowest BCUT2D eigenvalue weighted by atomic mass is 9.97. The molecule has 154 valence electrons. The Hall–Kier alpha value is -2.38. The summed E-state index contributed by atoms with van der Waals surface area (Å²) in [5.41, 5.74) is 7.27. The number of nitrogens with two attached hydrogens (primary N) is 1. The SMILES string of the molecule is NC(=O)C1CCCN(CCCNC(=O)c2ccc(SCc3cccnc3)cc2)C1. The topological polar surface area (TPSA) is 88.3 Å². The molecular formula is C22H28N4O2S. The van der Waals surface area contributed by atoms with E-state index in [1.807, 2.05) is 36.5 Å². The Kier molecular flexibility index (Phi) is 8.07. The average molecular weight is 413 g/mol. The molecule has 1 aromatic carbocycles. The van der Waals surface area contributed by atoms with E-state index in [2.05, 4.69) is 21.3 Å². The number of nitrogens with one attached hydrogen (secondary N) is 1. The molecule has 2 heterocycles. The van der Waals surface area contributed by atoms with E-state index in [1.54, 1.807) is 18.0 Å². The number of likely N-dealkylation sites (tertiary alicyclic amines) is 1. The summed E-state index contributed by atoms with van der Waals surface area (Å²) < 4.78 is 0. The van der Waals surface area contributed by atoms with Gasteiger partial charge in [-0.15, -0.1) is 11.8 Å². The summed E-state index contributed by atoms with van der Waals surface area (Å²) in [6, 6.07) is 11.7. The first-order valence-electron chi connectivity index (χ1n) is 10.0. The van der Waals surface area contributed by atoms with Crippen LogP contribution in [0.3, 0.4) is 0 Å². The summed E-state index contributed by atoms with van der Waals surface area (Å²) in [7, 11) is 0. The number of hydrogen-bond donors (Lipinski definition) is 2. The highest BCUT2D eigenvalue weighted by atomic mass is 32.2. The molecule has 1 unspecified atom stereocenters. The number of thioether (sulfide) groups is 1. The van der Waals surface area contributed by atoms with Crippen LogP contribution in [0, 0.1) is 5.92 Å². The fourth-order valence-corrected chi connectivity index (χ4v) is 4.28. The van der Waals surface area contributed by atoms with Gasteiger partial charge in [0.15, 0.2) is 0 Å². The quantitative estimate of drug-likeness (QED) is 0.488. The van der Waals surface area contributed by atoms with Gasteiger partial charge in [-0.25, -0.2) is 0 Å². The largest absolute Gasteiger partial charge is 0.369 e. The van der Waals surface area contributed by atoms with Crippen molar-refractivity contribution in [3.05, 3.63) is 59.9 Å². The molecule has 0 bridgehead atoms. The number of hydrogen-bond acceptors (Lipinski definition) is 5. The maximum Gasteiger partial charge on any atom is 0.251 e. The van der Waals surface area contributed by atoms with Gasteiger partial charge in [-0.2, -0.15) is 0 Å². The van der Waals surface area contributed by atoms with E-state index in [4.69, 9.17) is 5.73 Å². The summed E-state index contributed by atoms with van der Waals surface area (Å²) in [5, 5.41) is 2.98. The Balaban J connectivity index is 1.36. The Bertz CT molecular complexity index is 798. The summed E-state index contributed by atoms with van der Waals surface area (Å²) in [4.78, 5) is 31.2. The molecule has 2 amide bonds. The van der Waals surface area contributed by atoms with E-state index in [0.717, 1.165) is 49.5 Å². The molecule has 1 atom stereocenters. The number of amides is 2. The first kappa shape index (κ1) is 21.3. The van der Waals surface area contributed by atoms with Crippen molar-refractivity contribution in [1.29, 1.82) is 0 Å². The molecule has 1 fully saturated rings. The number of pyridine rings is 1. The van der Waals surface area contributed by atoms with Crippen molar-refractivity contribution in [1.82, 2.24) is 15.2 Å². The molecule has 0 aliphatic carbocycles. The summed E-state index contributed by atoms with van der Waals surface area (Å²) in [6.07, 6.45) is 6.39. The lowest BCUT2D eigenvalue weighted by Gasteiger charge is -2.31. The Morgan fingerprint density at radius 3 is 2.79 bits per heavy atom. The summed E-state index contributed by atoms with van der Waals surface area (Å²) in [5.74, 6) is 0.562. The van der Waals surface area contributed by atoms with Crippen LogP contribution in [0.2, 0.25) is 0 Å². The molecule has 0 saturated carbocycles. The first-order chi connectivity index (χ1) is 14.1. The third-order valence-electron chi connectivity index (χ3n) is 5.09. The third-order valence-corrected chi connectivity index (χ3v) is 6.17. The molecule has 0 radical (unpaired) electrons. The zero-order valence-corrected chi connectivity index (χ0v) is 17.4. The molecule has 29 heavy (non-hydrogen) atoms. The van der Waals surface area contributed by atoms with Crippen LogP contribution >= 0.6 is 11.8 Å². The van der Waals surface area contributed by atoms with E-state index in [0.29, 0.717) is 12.1 Å². The standard InChI is InChI=1S/C22H28N4O2S/c23-21(27)19-5-2-12-26(15-19)13-3-11-25-22(28)18-6-8-20(9-7-18)29-16-17-4-1-10-24-14-17/h1,4,6-10,14,19H,2-3,5,11-13,15-16H2,(H2,23,27)(H,25,28). The van der Waals surface area contributed by atoms with Crippen LogP contribution < -0.4 is 11.1 Å². The lowest BCUT2D eigenvalue weighted by Crippen LogP contribution is -2.42. The van der Waals surface area contributed by atoms with Gasteiger partial charge in [0, 0.05) is 41.7 Å². The van der Waals surface area contributed by atoms with Crippen LogP contribution in [0.1, 0.15) is 35.2 Å². The molecule has 1 aliphatic heterocycles. The van der Waals surface area contributed by atoms with Crippen molar-refractivity contribution in [3.8, 4) is 0 Å². The number of carbonyl (C=O) groups excluding carboxylic acids is 2. The van der Waals surface area contributed by atoms with E-state index in [-0.39, 0.29) is 17.7 Å². The minimum absolute atomic E-state index is 0.0344. The Morgan fingerprint density at radius 2 is 2.07 bits per heavy atom. The highest BCUT2D eigenvalue weighted by molar-refractivity contribution is 7.98. The number of carbonyl (C=O) groups is 2. The highest BCUT2D eigenvalue weighted by Crippen LogP contribution is 2.22. The van der Waals surface area contributed by atoms with Gasteiger partial charge < -0.3 is 16.0 Å². The smallest absolute Gasteiger partial charge is 0.251 e. The van der Waals surface area contributed by atoms with Gasteiger partial charge in [0.25, 0.3) is 5.91 Å². The van der Waals surface area contributed by atoms with Gasteiger partial charge in [-0.05, 0) is 68.2 Å². The van der Waals surface area contributed by atoms with Crippen LogP contribution in [0.25, 0.3) is 0 Å². The number of piperidine rings is 1. The predicted octanol–water partition coefficient (Wildman–Crippen LogP) is 2.69. The number of benzene rings is 1. The molecule has 1 aliphatic rings. The zero-order valence-electron chi connectivity index (χ0n) is 16.5. The third kappa shape index (κ3) is 6.87. The summed E-state index contributed by atoms with van der Waals surface area (Å²) in [6.45, 7) is 3.22. The van der Waals surface area contributed by atoms with E-state index in [1.165, 1.54) is 5.56 Å². The van der Waals surface area contributed by atoms with E-state index in [9.17, 15) is 9.59 Å². The normalized spacial score (nSPS) is 17.0. The minimum atomic E-state index is -0.204. The van der Waals surface area contributed by atoms with Crippen LogP contribution in [0.15, 0.2) is 53.7 Å². The monoisotopic (exact) mass is 412 g/mol. The van der Waals surface area contributed by atoms with Crippen molar-refractivity contribution in [2.24, 2.45) is 11.7 Å². The second-order valence-electron chi connectivity index (χ2n) is 7.33.